The largest absolute Gasteiger partial charge is 0.491 e. The van der Waals surface area contributed by atoms with E-state index in [0.29, 0.717) is 19.0 Å². The molecule has 0 atom stereocenters. The topological polar surface area (TPSA) is 64.5 Å². The van der Waals surface area contributed by atoms with Crippen molar-refractivity contribution in [2.24, 2.45) is 0 Å². The van der Waals surface area contributed by atoms with Gasteiger partial charge in [-0.15, -0.1) is 0 Å². The number of benzene rings is 1. The van der Waals surface area contributed by atoms with E-state index in [2.05, 4.69) is 30.7 Å². The fourth-order valence-corrected chi connectivity index (χ4v) is 2.43. The number of carbonyl (C=O) groups is 1. The molecule has 0 aliphatic carbocycles. The average Bonchev–Trinajstić information content (AvgIpc) is 2.62. The molecule has 0 aliphatic heterocycles. The fourth-order valence-electron chi connectivity index (χ4n) is 2.43. The Hall–Kier alpha value is -2.63. The van der Waals surface area contributed by atoms with Crippen molar-refractivity contribution in [3.8, 4) is 5.75 Å². The lowest BCUT2D eigenvalue weighted by Gasteiger charge is -2.23. The second-order valence-electron chi connectivity index (χ2n) is 7.44. The van der Waals surface area contributed by atoms with Crippen LogP contribution in [0.2, 0.25) is 0 Å². The van der Waals surface area contributed by atoms with Crippen molar-refractivity contribution in [2.45, 2.75) is 40.0 Å². The smallest absolute Gasteiger partial charge is 0.376 e. The zero-order chi connectivity index (χ0) is 20.0. The highest BCUT2D eigenvalue weighted by Crippen LogP contribution is 2.24. The number of hydrogen-bond donors (Lipinski definition) is 0. The molecule has 0 amide bonds. The van der Waals surface area contributed by atoms with Crippen LogP contribution in [0, 0.1) is 6.92 Å². The third-order valence-electron chi connectivity index (χ3n) is 4.11. The van der Waals surface area contributed by atoms with Crippen LogP contribution in [0.3, 0.4) is 0 Å². The van der Waals surface area contributed by atoms with Crippen LogP contribution in [0.15, 0.2) is 30.3 Å². The summed E-state index contributed by atoms with van der Waals surface area (Å²) in [5.74, 6) is 1.13. The number of rotatable bonds is 7. The lowest BCUT2D eigenvalue weighted by Crippen LogP contribution is -2.27. The first-order chi connectivity index (χ1) is 12.7. The maximum absolute atomic E-state index is 12.1. The van der Waals surface area contributed by atoms with Gasteiger partial charge >= 0.3 is 5.97 Å². The Labute approximate surface area is 161 Å². The van der Waals surface area contributed by atoms with Crippen LogP contribution in [0.1, 0.15) is 49.6 Å². The molecule has 0 unspecified atom stereocenters. The molecule has 0 bridgehead atoms. The molecule has 0 N–H and O–H groups in total. The zero-order valence-corrected chi connectivity index (χ0v) is 17.1. The molecule has 0 spiro atoms. The lowest BCUT2D eigenvalue weighted by molar-refractivity contribution is 0.0511. The van der Waals surface area contributed by atoms with Crippen molar-refractivity contribution in [1.29, 1.82) is 0 Å². The van der Waals surface area contributed by atoms with E-state index in [-0.39, 0.29) is 17.8 Å². The van der Waals surface area contributed by atoms with Crippen LogP contribution in [0.25, 0.3) is 0 Å². The van der Waals surface area contributed by atoms with E-state index in [1.54, 1.807) is 6.92 Å². The first kappa shape index (κ1) is 20.7. The first-order valence-electron chi connectivity index (χ1n) is 9.18. The van der Waals surface area contributed by atoms with Crippen molar-refractivity contribution < 1.29 is 14.3 Å². The number of nitrogens with zero attached hydrogens (tertiary/aromatic N) is 3. The number of aromatic nitrogens is 2. The molecular formula is C21H29N3O3. The first-order valence-corrected chi connectivity index (χ1v) is 9.18. The quantitative estimate of drug-likeness (QED) is 0.690. The SMILES string of the molecule is CCOC(=O)c1nc(N(C)CCOc2ccccc2C)cc(C(C)(C)C)n1. The summed E-state index contributed by atoms with van der Waals surface area (Å²) in [5, 5.41) is 0. The van der Waals surface area contributed by atoms with Crippen molar-refractivity contribution in [2.75, 3.05) is 31.7 Å². The van der Waals surface area contributed by atoms with E-state index in [0.717, 1.165) is 17.0 Å². The minimum atomic E-state index is -0.505. The van der Waals surface area contributed by atoms with E-state index in [1.807, 2.05) is 49.2 Å². The van der Waals surface area contributed by atoms with Gasteiger partial charge in [-0.25, -0.2) is 14.8 Å². The van der Waals surface area contributed by atoms with E-state index in [4.69, 9.17) is 9.47 Å². The molecule has 0 radical (unpaired) electrons. The summed E-state index contributed by atoms with van der Waals surface area (Å²) in [7, 11) is 1.92. The Morgan fingerprint density at radius 3 is 2.52 bits per heavy atom. The van der Waals surface area contributed by atoms with Crippen molar-refractivity contribution in [1.82, 2.24) is 9.97 Å². The molecule has 1 aromatic carbocycles. The predicted octanol–water partition coefficient (Wildman–Crippen LogP) is 3.77. The molecule has 6 nitrogen and oxygen atoms in total. The lowest BCUT2D eigenvalue weighted by atomic mass is 9.92. The summed E-state index contributed by atoms with van der Waals surface area (Å²) < 4.78 is 10.9. The summed E-state index contributed by atoms with van der Waals surface area (Å²) in [6.45, 7) is 11.4. The average molecular weight is 371 g/mol. The van der Waals surface area contributed by atoms with Gasteiger partial charge < -0.3 is 14.4 Å². The van der Waals surface area contributed by atoms with Crippen LogP contribution < -0.4 is 9.64 Å². The van der Waals surface area contributed by atoms with E-state index >= 15 is 0 Å². The molecule has 2 aromatic rings. The third-order valence-corrected chi connectivity index (χ3v) is 4.11. The van der Waals surface area contributed by atoms with Gasteiger partial charge in [-0.05, 0) is 25.5 Å². The van der Waals surface area contributed by atoms with Gasteiger partial charge in [0.25, 0.3) is 0 Å². The van der Waals surface area contributed by atoms with Crippen LogP contribution >= 0.6 is 0 Å². The van der Waals surface area contributed by atoms with Gasteiger partial charge in [0.15, 0.2) is 0 Å². The number of likely N-dealkylation sites (N-methyl/N-ethyl adjacent to an activating group) is 1. The number of aryl methyl sites for hydroxylation is 1. The fraction of sp³-hybridized carbons (Fsp3) is 0.476. The highest BCUT2D eigenvalue weighted by Gasteiger charge is 2.22. The maximum Gasteiger partial charge on any atom is 0.376 e. The molecule has 0 saturated heterocycles. The summed E-state index contributed by atoms with van der Waals surface area (Å²) in [6, 6.07) is 9.83. The minimum absolute atomic E-state index is 0.0888. The van der Waals surface area contributed by atoms with E-state index in [9.17, 15) is 4.79 Å². The molecule has 2 rings (SSSR count). The van der Waals surface area contributed by atoms with Gasteiger partial charge in [-0.3, -0.25) is 0 Å². The minimum Gasteiger partial charge on any atom is -0.491 e. The van der Waals surface area contributed by atoms with Crippen molar-refractivity contribution in [3.05, 3.63) is 47.4 Å². The Morgan fingerprint density at radius 2 is 1.89 bits per heavy atom. The molecule has 146 valence electrons. The third kappa shape index (κ3) is 5.67. The van der Waals surface area contributed by atoms with E-state index < -0.39 is 5.97 Å². The Kier molecular flexibility index (Phi) is 6.77. The summed E-state index contributed by atoms with van der Waals surface area (Å²) in [5.41, 5.74) is 1.68. The van der Waals surface area contributed by atoms with E-state index in [1.165, 1.54) is 0 Å². The number of para-hydroxylation sites is 1. The molecule has 6 heteroatoms. The Bertz CT molecular complexity index is 784. The van der Waals surface area contributed by atoms with Gasteiger partial charge in [0, 0.05) is 18.5 Å². The van der Waals surface area contributed by atoms with Crippen molar-refractivity contribution >= 4 is 11.8 Å². The predicted molar refractivity (Wildman–Crippen MR) is 107 cm³/mol. The van der Waals surface area contributed by atoms with Gasteiger partial charge in [0.1, 0.15) is 18.2 Å². The summed E-state index contributed by atoms with van der Waals surface area (Å²) >= 11 is 0. The standard InChI is InChI=1S/C21H29N3O3/c1-7-26-20(25)19-22-17(21(3,4)5)14-18(23-19)24(6)12-13-27-16-11-9-8-10-15(16)2/h8-11,14H,7,12-13H2,1-6H3. The Morgan fingerprint density at radius 1 is 1.19 bits per heavy atom. The molecule has 1 aromatic heterocycles. The number of carbonyl (C=O) groups excluding carboxylic acids is 1. The molecule has 0 saturated carbocycles. The molecular weight excluding hydrogens is 342 g/mol. The monoisotopic (exact) mass is 371 g/mol. The van der Waals surface area contributed by atoms with Crippen LogP contribution in [-0.4, -0.2) is 42.7 Å². The summed E-state index contributed by atoms with van der Waals surface area (Å²) in [4.78, 5) is 22.9. The van der Waals surface area contributed by atoms with Gasteiger partial charge in [-0.1, -0.05) is 39.0 Å². The van der Waals surface area contributed by atoms with Gasteiger partial charge in [0.05, 0.1) is 18.8 Å². The maximum atomic E-state index is 12.1. The molecule has 0 aliphatic rings. The van der Waals surface area contributed by atoms with Gasteiger partial charge in [0.2, 0.25) is 5.82 Å². The molecule has 0 fully saturated rings. The number of hydrogen-bond acceptors (Lipinski definition) is 6. The van der Waals surface area contributed by atoms with Crippen LogP contribution in [-0.2, 0) is 10.2 Å². The van der Waals surface area contributed by atoms with Crippen LogP contribution in [0.4, 0.5) is 5.82 Å². The highest BCUT2D eigenvalue weighted by molar-refractivity contribution is 5.85. The van der Waals surface area contributed by atoms with Crippen molar-refractivity contribution in [3.63, 3.8) is 0 Å². The van der Waals surface area contributed by atoms with Crippen LogP contribution in [0.5, 0.6) is 5.75 Å². The second kappa shape index (κ2) is 8.84. The number of ether oxygens (including phenoxy) is 2. The number of anilines is 1. The second-order valence-corrected chi connectivity index (χ2v) is 7.44. The molecule has 1 heterocycles. The normalized spacial score (nSPS) is 11.2. The van der Waals surface area contributed by atoms with Gasteiger partial charge in [-0.2, -0.15) is 0 Å². The summed E-state index contributed by atoms with van der Waals surface area (Å²) in [6.07, 6.45) is 0. The Balaban J connectivity index is 2.16. The zero-order valence-electron chi connectivity index (χ0n) is 17.1. The highest BCUT2D eigenvalue weighted by atomic mass is 16.5. The molecule has 27 heavy (non-hydrogen) atoms. The number of esters is 1.